The fourth-order valence-corrected chi connectivity index (χ4v) is 3.18. The van der Waals surface area contributed by atoms with Crippen molar-refractivity contribution in [1.29, 1.82) is 0 Å². The topological polar surface area (TPSA) is 66.7 Å². The molecule has 1 N–H and O–H groups in total. The van der Waals surface area contributed by atoms with Crippen LogP contribution in [0.1, 0.15) is 11.4 Å². The number of nitrogens with one attached hydrogen (secondary N) is 1. The van der Waals surface area contributed by atoms with E-state index in [1.165, 1.54) is 28.8 Å². The number of aromatic amines is 1. The van der Waals surface area contributed by atoms with E-state index in [1.807, 2.05) is 0 Å². The van der Waals surface area contributed by atoms with Gasteiger partial charge in [0.2, 0.25) is 5.69 Å². The molecule has 1 aromatic carbocycles. The minimum Gasteiger partial charge on any atom is -0.261 e. The summed E-state index contributed by atoms with van der Waals surface area (Å²) in [6.45, 7) is 1.69. The van der Waals surface area contributed by atoms with E-state index < -0.39 is 21.7 Å². The predicted octanol–water partition coefficient (Wildman–Crippen LogP) is 3.08. The minimum atomic E-state index is -4.55. The normalized spacial score (nSPS) is 12.3. The van der Waals surface area contributed by atoms with Gasteiger partial charge in [0, 0.05) is 12.5 Å². The largest absolute Gasteiger partial charge is 0.457 e. The number of aromatic nitrogens is 3. The van der Waals surface area contributed by atoms with Crippen LogP contribution >= 0.6 is 0 Å². The van der Waals surface area contributed by atoms with Gasteiger partial charge in [-0.3, -0.25) is 4.98 Å². The second-order valence-electron chi connectivity index (χ2n) is 5.79. The molecule has 0 unspecified atom stereocenters. The first-order valence-corrected chi connectivity index (χ1v) is 9.41. The highest BCUT2D eigenvalue weighted by molar-refractivity contribution is 7.90. The van der Waals surface area contributed by atoms with Crippen molar-refractivity contribution in [2.24, 2.45) is 0 Å². The van der Waals surface area contributed by atoms with E-state index in [9.17, 15) is 21.6 Å². The van der Waals surface area contributed by atoms with Gasteiger partial charge in [0.15, 0.2) is 9.84 Å². The van der Waals surface area contributed by atoms with E-state index in [0.29, 0.717) is 16.9 Å². The molecule has 2 aromatic heterocycles. The fraction of sp³-hybridized carbons (Fsp3) is 0.176. The first-order chi connectivity index (χ1) is 12.1. The predicted molar refractivity (Wildman–Crippen MR) is 88.4 cm³/mol. The molecule has 0 radical (unpaired) electrons. The summed E-state index contributed by atoms with van der Waals surface area (Å²) >= 11 is 0. The molecule has 0 spiro atoms. The molecular formula is C17H15F3N3O2S+. The number of benzene rings is 1. The number of alkyl halides is 3. The number of rotatable bonds is 3. The SMILES string of the molecule is Cc1ncccc1-c1[nH]c(C(F)(F)F)c[n+]1-c1ccc(S(C)(=O)=O)cc1. The fourth-order valence-electron chi connectivity index (χ4n) is 2.55. The van der Waals surface area contributed by atoms with Gasteiger partial charge in [-0.25, -0.2) is 13.4 Å². The standard InChI is InChI=1S/C17H14F3N3O2S/c1-11-14(4-3-9-21-11)16-22-15(17(18,19)20)10-23(16)12-5-7-13(8-6-12)26(2,24)25/h3-10H,1-2H3/p+1. The lowest BCUT2D eigenvalue weighted by Crippen LogP contribution is -2.31. The van der Waals surface area contributed by atoms with Crippen LogP contribution in [0.4, 0.5) is 13.2 Å². The molecule has 26 heavy (non-hydrogen) atoms. The maximum Gasteiger partial charge on any atom is 0.457 e. The Morgan fingerprint density at radius 1 is 1.12 bits per heavy atom. The molecule has 136 valence electrons. The van der Waals surface area contributed by atoms with Crippen molar-refractivity contribution in [3.8, 4) is 17.1 Å². The second-order valence-corrected chi connectivity index (χ2v) is 7.80. The zero-order valence-corrected chi connectivity index (χ0v) is 14.7. The molecule has 0 aliphatic carbocycles. The van der Waals surface area contributed by atoms with Crippen LogP contribution in [0, 0.1) is 6.92 Å². The molecule has 0 bridgehead atoms. The molecule has 5 nitrogen and oxygen atoms in total. The van der Waals surface area contributed by atoms with Crippen LogP contribution in [0.25, 0.3) is 17.1 Å². The molecule has 3 aromatic rings. The van der Waals surface area contributed by atoms with E-state index in [0.717, 1.165) is 12.5 Å². The van der Waals surface area contributed by atoms with Crippen molar-refractivity contribution in [3.05, 3.63) is 60.2 Å². The van der Waals surface area contributed by atoms with Gasteiger partial charge in [0.05, 0.1) is 16.2 Å². The van der Waals surface area contributed by atoms with E-state index in [-0.39, 0.29) is 10.7 Å². The van der Waals surface area contributed by atoms with E-state index >= 15 is 0 Å². The third kappa shape index (κ3) is 3.48. The summed E-state index contributed by atoms with van der Waals surface area (Å²) in [5.41, 5.74) is 0.546. The Labute approximate surface area is 148 Å². The van der Waals surface area contributed by atoms with Crippen molar-refractivity contribution in [2.75, 3.05) is 6.26 Å². The lowest BCUT2D eigenvalue weighted by molar-refractivity contribution is -0.582. The van der Waals surface area contributed by atoms with Gasteiger partial charge in [-0.1, -0.05) is 0 Å². The molecule has 0 aliphatic rings. The number of hydrogen-bond donors (Lipinski definition) is 1. The monoisotopic (exact) mass is 382 g/mol. The van der Waals surface area contributed by atoms with E-state index in [1.54, 1.807) is 25.3 Å². The summed E-state index contributed by atoms with van der Waals surface area (Å²) in [4.78, 5) is 6.61. The first-order valence-electron chi connectivity index (χ1n) is 7.52. The van der Waals surface area contributed by atoms with Crippen LogP contribution in [-0.2, 0) is 16.0 Å². The Hall–Kier alpha value is -2.68. The molecule has 0 saturated heterocycles. The van der Waals surface area contributed by atoms with E-state index in [2.05, 4.69) is 9.97 Å². The molecule has 0 atom stereocenters. The highest BCUT2D eigenvalue weighted by Crippen LogP contribution is 2.30. The van der Waals surface area contributed by atoms with Gasteiger partial charge >= 0.3 is 6.18 Å². The van der Waals surface area contributed by atoms with Crippen molar-refractivity contribution < 1.29 is 26.2 Å². The van der Waals surface area contributed by atoms with Gasteiger partial charge < -0.3 is 0 Å². The second kappa shape index (κ2) is 6.24. The van der Waals surface area contributed by atoms with Crippen LogP contribution in [0.15, 0.2) is 53.7 Å². The Kier molecular flexibility index (Phi) is 4.35. The third-order valence-corrected chi connectivity index (χ3v) is 4.99. The molecule has 0 fully saturated rings. The number of nitrogens with zero attached hydrogens (tertiary/aromatic N) is 2. The number of aryl methyl sites for hydroxylation is 1. The van der Waals surface area contributed by atoms with Gasteiger partial charge in [-0.15, -0.1) is 0 Å². The average Bonchev–Trinajstić information content (AvgIpc) is 3.00. The summed E-state index contributed by atoms with van der Waals surface area (Å²) in [5.74, 6) is 0.204. The zero-order chi connectivity index (χ0) is 19.1. The minimum absolute atomic E-state index is 0.0903. The van der Waals surface area contributed by atoms with Gasteiger partial charge in [0.1, 0.15) is 11.9 Å². The number of sulfone groups is 1. The van der Waals surface area contributed by atoms with Crippen LogP contribution in [0.5, 0.6) is 0 Å². The summed E-state index contributed by atoms with van der Waals surface area (Å²) in [6, 6.07) is 8.93. The van der Waals surface area contributed by atoms with Crippen molar-refractivity contribution in [3.63, 3.8) is 0 Å². The first kappa shape index (κ1) is 18.1. The maximum atomic E-state index is 13.2. The van der Waals surface area contributed by atoms with E-state index in [4.69, 9.17) is 0 Å². The molecule has 0 saturated carbocycles. The van der Waals surface area contributed by atoms with Crippen LogP contribution in [0.2, 0.25) is 0 Å². The number of hydrogen-bond acceptors (Lipinski definition) is 3. The number of halogens is 3. The Morgan fingerprint density at radius 2 is 1.77 bits per heavy atom. The summed E-state index contributed by atoms with van der Waals surface area (Å²) < 4.78 is 64.1. The number of H-pyrrole nitrogens is 1. The lowest BCUT2D eigenvalue weighted by atomic mass is 10.2. The quantitative estimate of drug-likeness (QED) is 0.708. The Morgan fingerprint density at radius 3 is 2.31 bits per heavy atom. The number of pyridine rings is 1. The summed E-state index contributed by atoms with van der Waals surface area (Å²) in [5, 5.41) is 0. The van der Waals surface area contributed by atoms with Gasteiger partial charge in [-0.05, 0) is 43.3 Å². The Balaban J connectivity index is 2.20. The highest BCUT2D eigenvalue weighted by Gasteiger charge is 2.39. The Bertz CT molecular complexity index is 1060. The third-order valence-electron chi connectivity index (χ3n) is 3.86. The molecule has 3 rings (SSSR count). The molecule has 9 heteroatoms. The molecule has 2 heterocycles. The summed E-state index contributed by atoms with van der Waals surface area (Å²) in [7, 11) is -3.40. The molecular weight excluding hydrogens is 367 g/mol. The highest BCUT2D eigenvalue weighted by atomic mass is 32.2. The number of imidazole rings is 1. The maximum absolute atomic E-state index is 13.2. The van der Waals surface area contributed by atoms with Crippen molar-refractivity contribution in [1.82, 2.24) is 9.97 Å². The zero-order valence-electron chi connectivity index (χ0n) is 13.9. The van der Waals surface area contributed by atoms with Crippen molar-refractivity contribution >= 4 is 9.84 Å². The van der Waals surface area contributed by atoms with Gasteiger partial charge in [0.25, 0.3) is 5.82 Å². The molecule has 0 aliphatic heterocycles. The van der Waals surface area contributed by atoms with Crippen molar-refractivity contribution in [2.45, 2.75) is 18.0 Å². The van der Waals surface area contributed by atoms with Crippen LogP contribution in [0.3, 0.4) is 0 Å². The average molecular weight is 382 g/mol. The smallest absolute Gasteiger partial charge is 0.261 e. The lowest BCUT2D eigenvalue weighted by Gasteiger charge is -2.04. The van der Waals surface area contributed by atoms with Crippen LogP contribution < -0.4 is 4.57 Å². The van der Waals surface area contributed by atoms with Gasteiger partial charge in [-0.2, -0.15) is 17.7 Å². The van der Waals surface area contributed by atoms with Crippen LogP contribution in [-0.4, -0.2) is 24.6 Å². The summed E-state index contributed by atoms with van der Waals surface area (Å²) in [6.07, 6.45) is -0.991. The molecule has 0 amide bonds.